The first-order chi connectivity index (χ1) is 13.0. The molecule has 142 valence electrons. The number of aryl methyl sites for hydroxylation is 1. The van der Waals surface area contributed by atoms with Crippen LogP contribution in [0.3, 0.4) is 0 Å². The molecule has 7 nitrogen and oxygen atoms in total. The smallest absolute Gasteiger partial charge is 0.282 e. The lowest BCUT2D eigenvalue weighted by molar-refractivity contribution is -0.714. The first kappa shape index (κ1) is 18.8. The van der Waals surface area contributed by atoms with Gasteiger partial charge in [0.2, 0.25) is 0 Å². The van der Waals surface area contributed by atoms with Crippen molar-refractivity contribution in [2.24, 2.45) is 0 Å². The lowest BCUT2D eigenvalue weighted by Crippen LogP contribution is -2.92. The van der Waals surface area contributed by atoms with Gasteiger partial charge in [0.25, 0.3) is 11.6 Å². The molecule has 3 rings (SSSR count). The normalized spacial score (nSPS) is 16.9. The van der Waals surface area contributed by atoms with Crippen molar-refractivity contribution in [1.82, 2.24) is 0 Å². The number of nitrogens with two attached hydrogens (primary N) is 1. The number of nitrogens with one attached hydrogen (secondary N) is 1. The van der Waals surface area contributed by atoms with Crippen molar-refractivity contribution in [3.8, 4) is 5.75 Å². The van der Waals surface area contributed by atoms with Crippen molar-refractivity contribution in [3.05, 3.63) is 63.7 Å². The van der Waals surface area contributed by atoms with Crippen LogP contribution in [-0.2, 0) is 11.2 Å². The molecule has 0 radical (unpaired) electrons. The van der Waals surface area contributed by atoms with Gasteiger partial charge in [-0.1, -0.05) is 24.3 Å². The maximum atomic E-state index is 12.7. The quantitative estimate of drug-likeness (QED) is 0.603. The highest BCUT2D eigenvalue weighted by Gasteiger charge is 2.27. The summed E-state index contributed by atoms with van der Waals surface area (Å²) in [4.78, 5) is 23.0. The molecule has 0 spiro atoms. The number of anilines is 1. The minimum atomic E-state index is -0.495. The van der Waals surface area contributed by atoms with Crippen LogP contribution >= 0.6 is 0 Å². The van der Waals surface area contributed by atoms with Gasteiger partial charge in [0.1, 0.15) is 11.8 Å². The van der Waals surface area contributed by atoms with E-state index < -0.39 is 4.92 Å². The fourth-order valence-electron chi connectivity index (χ4n) is 3.57. The molecule has 0 bridgehead atoms. The molecule has 0 fully saturated rings. The highest BCUT2D eigenvalue weighted by Crippen LogP contribution is 2.29. The molecule has 2 aromatic carbocycles. The highest BCUT2D eigenvalue weighted by atomic mass is 16.6. The summed E-state index contributed by atoms with van der Waals surface area (Å²) in [5.74, 6) is 0.109. The Balaban J connectivity index is 1.69. The molecule has 0 aromatic heterocycles. The summed E-state index contributed by atoms with van der Waals surface area (Å²) in [7, 11) is 1.42. The van der Waals surface area contributed by atoms with Crippen LogP contribution in [0.25, 0.3) is 0 Å². The summed E-state index contributed by atoms with van der Waals surface area (Å²) >= 11 is 0. The first-order valence-electron chi connectivity index (χ1n) is 9.05. The van der Waals surface area contributed by atoms with Gasteiger partial charge in [-0.25, -0.2) is 0 Å². The largest absolute Gasteiger partial charge is 0.494 e. The number of methoxy groups -OCH3 is 1. The third kappa shape index (κ3) is 4.25. The molecule has 1 aliphatic rings. The maximum Gasteiger partial charge on any atom is 0.282 e. The van der Waals surface area contributed by atoms with E-state index in [4.69, 9.17) is 4.74 Å². The van der Waals surface area contributed by atoms with Crippen LogP contribution in [0.2, 0.25) is 0 Å². The van der Waals surface area contributed by atoms with Crippen LogP contribution in [0.1, 0.15) is 36.9 Å². The third-order valence-corrected chi connectivity index (χ3v) is 5.00. The summed E-state index contributed by atoms with van der Waals surface area (Å²) < 4.78 is 5.18. The van der Waals surface area contributed by atoms with Gasteiger partial charge in [0, 0.05) is 18.1 Å². The molecule has 1 aliphatic carbocycles. The monoisotopic (exact) mass is 370 g/mol. The Labute approximate surface area is 157 Å². The number of amides is 1. The van der Waals surface area contributed by atoms with Gasteiger partial charge >= 0.3 is 0 Å². The van der Waals surface area contributed by atoms with E-state index in [-0.39, 0.29) is 29.4 Å². The fourth-order valence-corrected chi connectivity index (χ4v) is 3.57. The number of non-ortho nitro benzene ring substituents is 1. The molecule has 7 heteroatoms. The zero-order chi connectivity index (χ0) is 19.4. The van der Waals surface area contributed by atoms with Crippen molar-refractivity contribution in [2.75, 3.05) is 12.4 Å². The number of fused-ring (bicyclic) bond motifs is 1. The van der Waals surface area contributed by atoms with Crippen molar-refractivity contribution in [2.45, 2.75) is 38.3 Å². The number of benzene rings is 2. The zero-order valence-electron chi connectivity index (χ0n) is 15.5. The summed E-state index contributed by atoms with van der Waals surface area (Å²) in [6.45, 7) is 1.87. The second-order valence-corrected chi connectivity index (χ2v) is 6.81. The average Bonchev–Trinajstić information content (AvgIpc) is 2.68. The second-order valence-electron chi connectivity index (χ2n) is 6.81. The van der Waals surface area contributed by atoms with E-state index >= 15 is 0 Å². The molecule has 0 saturated heterocycles. The lowest BCUT2D eigenvalue weighted by atomic mass is 9.87. The van der Waals surface area contributed by atoms with Gasteiger partial charge < -0.3 is 15.4 Å². The van der Waals surface area contributed by atoms with E-state index in [2.05, 4.69) is 28.8 Å². The molecule has 0 saturated carbocycles. The van der Waals surface area contributed by atoms with Gasteiger partial charge in [0.15, 0.2) is 6.04 Å². The van der Waals surface area contributed by atoms with E-state index in [9.17, 15) is 14.9 Å². The number of nitro groups is 1. The van der Waals surface area contributed by atoms with Gasteiger partial charge in [0.05, 0.1) is 23.8 Å². The minimum absolute atomic E-state index is 0.0803. The van der Waals surface area contributed by atoms with E-state index in [1.165, 1.54) is 36.4 Å². The predicted molar refractivity (Wildman–Crippen MR) is 102 cm³/mol. The summed E-state index contributed by atoms with van der Waals surface area (Å²) in [6, 6.07) is 12.5. The number of carbonyl (C=O) groups is 1. The van der Waals surface area contributed by atoms with Crippen LogP contribution in [0.15, 0.2) is 42.5 Å². The summed E-state index contributed by atoms with van der Waals surface area (Å²) in [5.41, 5.74) is 3.01. The Bertz CT molecular complexity index is 853. The molecule has 2 atom stereocenters. The molecule has 27 heavy (non-hydrogen) atoms. The Morgan fingerprint density at radius 1 is 1.33 bits per heavy atom. The first-order valence-corrected chi connectivity index (χ1v) is 9.05. The lowest BCUT2D eigenvalue weighted by Gasteiger charge is -2.26. The van der Waals surface area contributed by atoms with Crippen LogP contribution in [0.4, 0.5) is 11.4 Å². The van der Waals surface area contributed by atoms with Crippen LogP contribution in [0.5, 0.6) is 5.75 Å². The van der Waals surface area contributed by atoms with Crippen molar-refractivity contribution in [1.29, 1.82) is 0 Å². The number of nitro benzene ring substituents is 1. The number of ether oxygens (including phenoxy) is 1. The Morgan fingerprint density at radius 3 is 2.85 bits per heavy atom. The predicted octanol–water partition coefficient (Wildman–Crippen LogP) is 2.57. The molecule has 0 heterocycles. The van der Waals surface area contributed by atoms with Crippen molar-refractivity contribution in [3.63, 3.8) is 0 Å². The van der Waals surface area contributed by atoms with E-state index in [0.717, 1.165) is 19.3 Å². The standard InChI is InChI=1S/C20H23N3O4/c1-13(21-17-9-5-7-14-6-3-4-8-16(14)17)20(24)22-18-11-10-15(23(25)26)12-19(18)27-2/h3-4,6,8,10-13,17,21H,5,7,9H2,1-2H3,(H,22,24)/p+1/t13-,17+/m0/s1. The minimum Gasteiger partial charge on any atom is -0.494 e. The Kier molecular flexibility index (Phi) is 5.71. The highest BCUT2D eigenvalue weighted by molar-refractivity contribution is 5.95. The molecule has 0 unspecified atom stereocenters. The van der Waals surface area contributed by atoms with Crippen LogP contribution in [0, 0.1) is 10.1 Å². The Morgan fingerprint density at radius 2 is 2.11 bits per heavy atom. The van der Waals surface area contributed by atoms with Gasteiger partial charge in [-0.15, -0.1) is 0 Å². The van der Waals surface area contributed by atoms with E-state index in [1.54, 1.807) is 0 Å². The fraction of sp³-hybridized carbons (Fsp3) is 0.350. The van der Waals surface area contributed by atoms with Crippen molar-refractivity contribution < 1.29 is 19.8 Å². The topological polar surface area (TPSA) is 98.1 Å². The number of quaternary nitrogens is 1. The molecule has 0 aliphatic heterocycles. The number of rotatable bonds is 6. The van der Waals surface area contributed by atoms with E-state index in [0.29, 0.717) is 5.69 Å². The molecule has 3 N–H and O–H groups in total. The molecule has 2 aromatic rings. The van der Waals surface area contributed by atoms with Gasteiger partial charge in [-0.2, -0.15) is 0 Å². The molecular formula is C20H24N3O4+. The van der Waals surface area contributed by atoms with Crippen LogP contribution < -0.4 is 15.4 Å². The van der Waals surface area contributed by atoms with Gasteiger partial charge in [-0.3, -0.25) is 14.9 Å². The SMILES string of the molecule is COc1cc([N+](=O)[O-])ccc1NC(=O)[C@H](C)[NH2+][C@@H]1CCCc2ccccc21. The van der Waals surface area contributed by atoms with Gasteiger partial charge in [-0.05, 0) is 31.4 Å². The Hall–Kier alpha value is -2.93. The number of hydrogen-bond acceptors (Lipinski definition) is 4. The van der Waals surface area contributed by atoms with Crippen LogP contribution in [-0.4, -0.2) is 24.0 Å². The third-order valence-electron chi connectivity index (χ3n) is 5.00. The number of nitrogens with zero attached hydrogens (tertiary/aromatic N) is 1. The second kappa shape index (κ2) is 8.18. The summed E-state index contributed by atoms with van der Waals surface area (Å²) in [5, 5.41) is 15.8. The van der Waals surface area contributed by atoms with E-state index in [1.807, 2.05) is 13.0 Å². The average molecular weight is 370 g/mol. The number of carbonyl (C=O) groups excluding carboxylic acids is 1. The zero-order valence-corrected chi connectivity index (χ0v) is 15.5. The molecule has 1 amide bonds. The molecular weight excluding hydrogens is 346 g/mol. The summed E-state index contributed by atoms with van der Waals surface area (Å²) in [6.07, 6.45) is 3.24. The maximum absolute atomic E-state index is 12.7. The number of hydrogen-bond donors (Lipinski definition) is 2. The van der Waals surface area contributed by atoms with Crippen molar-refractivity contribution >= 4 is 17.3 Å².